The van der Waals surface area contributed by atoms with E-state index in [9.17, 15) is 9.18 Å². The van der Waals surface area contributed by atoms with Crippen molar-refractivity contribution in [2.24, 2.45) is 53.3 Å². The summed E-state index contributed by atoms with van der Waals surface area (Å²) in [6, 6.07) is 3.12. The van der Waals surface area contributed by atoms with Gasteiger partial charge in [-0.3, -0.25) is 4.79 Å². The smallest absolute Gasteiger partial charge is 0.255 e. The molecule has 6 bridgehead atoms. The van der Waals surface area contributed by atoms with Gasteiger partial charge in [0.2, 0.25) is 5.95 Å². The third kappa shape index (κ3) is 1.15. The fourth-order valence-corrected chi connectivity index (χ4v) is 7.95. The first-order valence-corrected chi connectivity index (χ1v) is 8.64. The Kier molecular flexibility index (Phi) is 2.03. The monoisotopic (exact) mass is 298 g/mol. The molecule has 22 heavy (non-hydrogen) atoms. The van der Waals surface area contributed by atoms with E-state index in [1.807, 2.05) is 0 Å². The number of halogens is 1. The molecular formula is C18H19FN2O. The molecular weight excluding hydrogens is 279 g/mol. The van der Waals surface area contributed by atoms with E-state index in [2.05, 4.69) is 10.3 Å². The van der Waals surface area contributed by atoms with Crippen LogP contribution in [0.1, 0.15) is 23.2 Å². The summed E-state index contributed by atoms with van der Waals surface area (Å²) in [5.41, 5.74) is 0.0735. The fraction of sp³-hybridized carbons (Fsp3) is 0.667. The van der Waals surface area contributed by atoms with E-state index in [0.717, 1.165) is 53.9 Å². The van der Waals surface area contributed by atoms with E-state index in [1.165, 1.54) is 25.1 Å². The first-order valence-electron chi connectivity index (χ1n) is 8.64. The molecule has 6 saturated carbocycles. The van der Waals surface area contributed by atoms with Crippen LogP contribution >= 0.6 is 0 Å². The van der Waals surface area contributed by atoms with Crippen molar-refractivity contribution in [1.29, 1.82) is 0 Å². The van der Waals surface area contributed by atoms with E-state index in [-0.39, 0.29) is 11.5 Å². The van der Waals surface area contributed by atoms with Gasteiger partial charge in [0.1, 0.15) is 0 Å². The summed E-state index contributed by atoms with van der Waals surface area (Å²) in [6.45, 7) is 0.738. The minimum Gasteiger partial charge on any atom is -0.352 e. The van der Waals surface area contributed by atoms with Crippen molar-refractivity contribution in [3.05, 3.63) is 29.8 Å². The molecule has 0 spiro atoms. The van der Waals surface area contributed by atoms with Crippen LogP contribution in [-0.2, 0) is 0 Å². The van der Waals surface area contributed by atoms with Crippen LogP contribution in [0.5, 0.6) is 0 Å². The summed E-state index contributed by atoms with van der Waals surface area (Å²) in [6.07, 6.45) is 4.32. The Hall–Kier alpha value is -1.45. The van der Waals surface area contributed by atoms with E-state index in [4.69, 9.17) is 0 Å². The zero-order valence-corrected chi connectivity index (χ0v) is 12.3. The molecule has 1 heterocycles. The van der Waals surface area contributed by atoms with Crippen LogP contribution in [0.4, 0.5) is 4.39 Å². The highest BCUT2D eigenvalue weighted by Gasteiger charge is 2.79. The minimum atomic E-state index is -0.668. The number of rotatable bonds is 3. The standard InChI is InChI=1S/C18H19FN2O/c19-17-7(2-1-3-20-17)18(22)21-6-12-15-10-4-8-9-5-11(13(8)15)16(12)14(9)10/h1-3,8-16H,4-6H2,(H,21,22). The van der Waals surface area contributed by atoms with Gasteiger partial charge in [0.15, 0.2) is 0 Å². The molecule has 4 heteroatoms. The van der Waals surface area contributed by atoms with Crippen LogP contribution in [-0.4, -0.2) is 17.4 Å². The molecule has 1 N–H and O–H groups in total. The summed E-state index contributed by atoms with van der Waals surface area (Å²) in [4.78, 5) is 15.8. The molecule has 0 saturated heterocycles. The van der Waals surface area contributed by atoms with E-state index >= 15 is 0 Å². The summed E-state index contributed by atoms with van der Waals surface area (Å²) >= 11 is 0. The summed E-state index contributed by atoms with van der Waals surface area (Å²) < 4.78 is 13.6. The summed E-state index contributed by atoms with van der Waals surface area (Å²) in [5, 5.41) is 3.01. The third-order valence-corrected chi connectivity index (χ3v) is 7.98. The van der Waals surface area contributed by atoms with Crippen molar-refractivity contribution in [2.45, 2.75) is 12.8 Å². The van der Waals surface area contributed by atoms with E-state index in [1.54, 1.807) is 6.07 Å². The molecule has 1 aromatic rings. The maximum atomic E-state index is 13.6. The largest absolute Gasteiger partial charge is 0.352 e. The highest BCUT2D eigenvalue weighted by atomic mass is 19.1. The van der Waals surface area contributed by atoms with Gasteiger partial charge in [0.05, 0.1) is 5.56 Å². The van der Waals surface area contributed by atoms with Crippen LogP contribution in [0.2, 0.25) is 0 Å². The van der Waals surface area contributed by atoms with Crippen LogP contribution in [0, 0.1) is 59.2 Å². The maximum absolute atomic E-state index is 13.6. The lowest BCUT2D eigenvalue weighted by atomic mass is 9.71. The first kappa shape index (κ1) is 12.0. The third-order valence-electron chi connectivity index (χ3n) is 7.98. The van der Waals surface area contributed by atoms with Crippen LogP contribution < -0.4 is 5.32 Å². The van der Waals surface area contributed by atoms with Crippen LogP contribution in [0.25, 0.3) is 0 Å². The van der Waals surface area contributed by atoms with Gasteiger partial charge < -0.3 is 5.32 Å². The molecule has 6 aliphatic rings. The average Bonchev–Trinajstić information content (AvgIpc) is 3.23. The molecule has 8 atom stereocenters. The Bertz CT molecular complexity index is 663. The number of carbonyl (C=O) groups is 1. The zero-order chi connectivity index (χ0) is 14.6. The lowest BCUT2D eigenvalue weighted by molar-refractivity contribution is 0.0937. The Morgan fingerprint density at radius 2 is 1.82 bits per heavy atom. The van der Waals surface area contributed by atoms with Gasteiger partial charge in [-0.2, -0.15) is 4.39 Å². The van der Waals surface area contributed by atoms with E-state index in [0.29, 0.717) is 5.92 Å². The highest BCUT2D eigenvalue weighted by Crippen LogP contribution is 2.84. The van der Waals surface area contributed by atoms with E-state index < -0.39 is 5.95 Å². The van der Waals surface area contributed by atoms with Crippen molar-refractivity contribution < 1.29 is 9.18 Å². The molecule has 6 aliphatic carbocycles. The molecule has 0 aromatic carbocycles. The number of nitrogens with one attached hydrogen (secondary N) is 1. The molecule has 0 radical (unpaired) electrons. The second-order valence-corrected chi connectivity index (χ2v) is 8.15. The Morgan fingerprint density at radius 1 is 1.14 bits per heavy atom. The molecule has 114 valence electrons. The van der Waals surface area contributed by atoms with Gasteiger partial charge in [-0.1, -0.05) is 0 Å². The number of nitrogens with zero attached hydrogens (tertiary/aromatic N) is 1. The van der Waals surface area contributed by atoms with Crippen molar-refractivity contribution in [3.8, 4) is 0 Å². The molecule has 3 nitrogen and oxygen atoms in total. The topological polar surface area (TPSA) is 42.0 Å². The second-order valence-electron chi connectivity index (χ2n) is 8.15. The number of pyridine rings is 1. The lowest BCUT2D eigenvalue weighted by Gasteiger charge is -2.33. The van der Waals surface area contributed by atoms with Gasteiger partial charge in [0, 0.05) is 12.7 Å². The van der Waals surface area contributed by atoms with Gasteiger partial charge >= 0.3 is 0 Å². The molecule has 1 aromatic heterocycles. The average molecular weight is 298 g/mol. The van der Waals surface area contributed by atoms with Crippen molar-refractivity contribution in [3.63, 3.8) is 0 Å². The highest BCUT2D eigenvalue weighted by molar-refractivity contribution is 5.94. The quantitative estimate of drug-likeness (QED) is 0.870. The maximum Gasteiger partial charge on any atom is 0.255 e. The van der Waals surface area contributed by atoms with Gasteiger partial charge in [0.25, 0.3) is 5.91 Å². The first-order chi connectivity index (χ1) is 10.8. The predicted molar refractivity (Wildman–Crippen MR) is 77.2 cm³/mol. The second kappa shape index (κ2) is 3.72. The number of amides is 1. The normalized spacial score (nSPS) is 51.4. The predicted octanol–water partition coefficient (Wildman–Crippen LogP) is 2.34. The Labute approximate surface area is 128 Å². The van der Waals surface area contributed by atoms with Gasteiger partial charge in [-0.25, -0.2) is 4.98 Å². The van der Waals surface area contributed by atoms with Crippen molar-refractivity contribution in [2.75, 3.05) is 6.54 Å². The van der Waals surface area contributed by atoms with Crippen molar-refractivity contribution in [1.82, 2.24) is 10.3 Å². The van der Waals surface area contributed by atoms with Crippen molar-refractivity contribution >= 4 is 5.91 Å². The Balaban J connectivity index is 1.22. The fourth-order valence-electron chi connectivity index (χ4n) is 7.95. The Morgan fingerprint density at radius 3 is 2.45 bits per heavy atom. The zero-order valence-electron chi connectivity index (χ0n) is 12.3. The molecule has 6 fully saturated rings. The number of hydrogen-bond donors (Lipinski definition) is 1. The summed E-state index contributed by atoms with van der Waals surface area (Å²) in [5.74, 6) is 7.33. The SMILES string of the molecule is O=C(NCC1C2C3CC4C5CC(C42)C1C53)c1cccnc1F. The van der Waals surface area contributed by atoms with Crippen LogP contribution in [0.3, 0.4) is 0 Å². The lowest BCUT2D eigenvalue weighted by Crippen LogP contribution is -2.32. The molecule has 0 aliphatic heterocycles. The van der Waals surface area contributed by atoms with Gasteiger partial charge in [-0.15, -0.1) is 0 Å². The minimum absolute atomic E-state index is 0.0735. The summed E-state index contributed by atoms with van der Waals surface area (Å²) in [7, 11) is 0. The molecule has 8 unspecified atom stereocenters. The number of hydrogen-bond acceptors (Lipinski definition) is 2. The molecule has 1 amide bonds. The van der Waals surface area contributed by atoms with Crippen LogP contribution in [0.15, 0.2) is 18.3 Å². The molecule has 7 rings (SSSR count). The van der Waals surface area contributed by atoms with Gasteiger partial charge in [-0.05, 0) is 78.2 Å². The number of aromatic nitrogens is 1. The number of carbonyl (C=O) groups excluding carboxylic acids is 1.